The lowest BCUT2D eigenvalue weighted by molar-refractivity contribution is -0.0908. The summed E-state index contributed by atoms with van der Waals surface area (Å²) in [7, 11) is -2.01. The normalized spacial score (nSPS) is 24.9. The SMILES string of the molecule is COC1CC(NS(=O)(=O)c2c(C)oc(C)c2CN)C1(C)C. The van der Waals surface area contributed by atoms with Gasteiger partial charge in [-0.05, 0) is 20.3 Å². The van der Waals surface area contributed by atoms with E-state index < -0.39 is 10.0 Å². The summed E-state index contributed by atoms with van der Waals surface area (Å²) < 4.78 is 38.9. The minimum absolute atomic E-state index is 0.0614. The van der Waals surface area contributed by atoms with Gasteiger partial charge < -0.3 is 14.9 Å². The number of sulfonamides is 1. The fraction of sp³-hybridized carbons (Fsp3) is 0.714. The fourth-order valence-electron chi connectivity index (χ4n) is 3.03. The zero-order valence-corrected chi connectivity index (χ0v) is 14.0. The average molecular weight is 316 g/mol. The molecule has 1 saturated carbocycles. The molecular formula is C14H24N2O4S. The number of ether oxygens (including phenoxy) is 1. The van der Waals surface area contributed by atoms with Gasteiger partial charge in [0.1, 0.15) is 16.4 Å². The second-order valence-corrected chi connectivity index (χ2v) is 7.83. The Balaban J connectivity index is 2.29. The van der Waals surface area contributed by atoms with Crippen molar-refractivity contribution in [2.75, 3.05) is 7.11 Å². The molecule has 120 valence electrons. The monoisotopic (exact) mass is 316 g/mol. The van der Waals surface area contributed by atoms with Crippen LogP contribution in [-0.2, 0) is 21.3 Å². The maximum Gasteiger partial charge on any atom is 0.244 e. The molecular weight excluding hydrogens is 292 g/mol. The molecule has 2 rings (SSSR count). The molecule has 1 aromatic heterocycles. The van der Waals surface area contributed by atoms with Crippen molar-refractivity contribution in [3.05, 3.63) is 17.1 Å². The Hall–Kier alpha value is -0.890. The minimum Gasteiger partial charge on any atom is -0.465 e. The lowest BCUT2D eigenvalue weighted by atomic mass is 9.65. The molecule has 1 heterocycles. The van der Waals surface area contributed by atoms with Gasteiger partial charge in [-0.3, -0.25) is 0 Å². The van der Waals surface area contributed by atoms with Crippen molar-refractivity contribution in [3.63, 3.8) is 0 Å². The molecule has 0 aliphatic heterocycles. The molecule has 1 aliphatic rings. The summed E-state index contributed by atoms with van der Waals surface area (Å²) in [5, 5.41) is 0. The molecule has 1 aliphatic carbocycles. The molecule has 2 unspecified atom stereocenters. The van der Waals surface area contributed by atoms with Gasteiger partial charge in [0, 0.05) is 30.7 Å². The van der Waals surface area contributed by atoms with E-state index in [1.165, 1.54) is 0 Å². The van der Waals surface area contributed by atoms with E-state index in [4.69, 9.17) is 14.9 Å². The van der Waals surface area contributed by atoms with Crippen LogP contribution in [0.2, 0.25) is 0 Å². The van der Waals surface area contributed by atoms with Gasteiger partial charge in [0.2, 0.25) is 10.0 Å². The van der Waals surface area contributed by atoms with Gasteiger partial charge in [0.15, 0.2) is 0 Å². The van der Waals surface area contributed by atoms with E-state index >= 15 is 0 Å². The van der Waals surface area contributed by atoms with Crippen LogP contribution < -0.4 is 10.5 Å². The summed E-state index contributed by atoms with van der Waals surface area (Å²) in [6.07, 6.45) is 0.725. The molecule has 21 heavy (non-hydrogen) atoms. The predicted molar refractivity (Wildman–Crippen MR) is 79.4 cm³/mol. The Morgan fingerprint density at radius 3 is 2.48 bits per heavy atom. The highest BCUT2D eigenvalue weighted by Gasteiger charge is 2.50. The molecule has 0 amide bonds. The molecule has 1 aromatic rings. The quantitative estimate of drug-likeness (QED) is 0.857. The molecule has 0 spiro atoms. The molecule has 0 bridgehead atoms. The minimum atomic E-state index is -3.65. The number of rotatable bonds is 5. The van der Waals surface area contributed by atoms with E-state index in [1.54, 1.807) is 21.0 Å². The number of nitrogens with one attached hydrogen (secondary N) is 1. The summed E-state index contributed by atoms with van der Waals surface area (Å²) in [5.41, 5.74) is 5.97. The Bertz CT molecular complexity index is 634. The number of aryl methyl sites for hydroxylation is 2. The second-order valence-electron chi connectivity index (χ2n) is 6.18. The van der Waals surface area contributed by atoms with Crippen LogP contribution >= 0.6 is 0 Å². The molecule has 1 fully saturated rings. The van der Waals surface area contributed by atoms with E-state index in [-0.39, 0.29) is 29.0 Å². The van der Waals surface area contributed by atoms with Crippen LogP contribution in [0.1, 0.15) is 37.4 Å². The molecule has 0 radical (unpaired) electrons. The number of hydrogen-bond donors (Lipinski definition) is 2. The number of furan rings is 1. The standard InChI is InChI=1S/C14H24N2O4S/c1-8-10(7-15)13(9(2)20-8)21(17,18)16-11-6-12(19-5)14(11,3)4/h11-12,16H,6-7,15H2,1-5H3. The average Bonchev–Trinajstić information content (AvgIpc) is 2.68. The van der Waals surface area contributed by atoms with E-state index in [9.17, 15) is 8.42 Å². The summed E-state index contributed by atoms with van der Waals surface area (Å²) in [5.74, 6) is 0.930. The van der Waals surface area contributed by atoms with Gasteiger partial charge in [0.25, 0.3) is 0 Å². The first-order valence-electron chi connectivity index (χ1n) is 6.99. The first kappa shape index (κ1) is 16.5. The molecule has 7 heteroatoms. The second kappa shape index (κ2) is 5.39. The van der Waals surface area contributed by atoms with Crippen molar-refractivity contribution in [2.45, 2.75) is 57.7 Å². The van der Waals surface area contributed by atoms with Crippen LogP contribution in [0, 0.1) is 19.3 Å². The van der Waals surface area contributed by atoms with Crippen LogP contribution in [0.3, 0.4) is 0 Å². The lowest BCUT2D eigenvalue weighted by Crippen LogP contribution is -2.61. The number of nitrogens with two attached hydrogens (primary N) is 1. The van der Waals surface area contributed by atoms with Gasteiger partial charge in [-0.25, -0.2) is 13.1 Å². The Labute approximate surface area is 126 Å². The highest BCUT2D eigenvalue weighted by atomic mass is 32.2. The molecule has 0 aromatic carbocycles. The van der Waals surface area contributed by atoms with Crippen molar-refractivity contribution in [1.29, 1.82) is 0 Å². The summed E-state index contributed by atoms with van der Waals surface area (Å²) in [4.78, 5) is 0.180. The summed E-state index contributed by atoms with van der Waals surface area (Å²) in [6.45, 7) is 7.49. The van der Waals surface area contributed by atoms with Crippen LogP contribution in [0.4, 0.5) is 0 Å². The van der Waals surface area contributed by atoms with E-state index in [0.717, 1.165) is 0 Å². The Morgan fingerprint density at radius 2 is 2.00 bits per heavy atom. The Morgan fingerprint density at radius 1 is 1.38 bits per heavy atom. The zero-order valence-electron chi connectivity index (χ0n) is 13.2. The maximum atomic E-state index is 12.7. The van der Waals surface area contributed by atoms with Crippen LogP contribution in [0.15, 0.2) is 9.31 Å². The first-order valence-corrected chi connectivity index (χ1v) is 8.47. The smallest absolute Gasteiger partial charge is 0.244 e. The molecule has 3 N–H and O–H groups in total. The summed E-state index contributed by atoms with van der Waals surface area (Å²) >= 11 is 0. The van der Waals surface area contributed by atoms with Gasteiger partial charge in [-0.1, -0.05) is 13.8 Å². The van der Waals surface area contributed by atoms with Crippen LogP contribution in [0.5, 0.6) is 0 Å². The topological polar surface area (TPSA) is 94.6 Å². The maximum absolute atomic E-state index is 12.7. The fourth-order valence-corrected chi connectivity index (χ4v) is 4.89. The van der Waals surface area contributed by atoms with Gasteiger partial charge >= 0.3 is 0 Å². The molecule has 2 atom stereocenters. The van der Waals surface area contributed by atoms with Gasteiger partial charge in [-0.2, -0.15) is 0 Å². The third-order valence-corrected chi connectivity index (χ3v) is 6.22. The van der Waals surface area contributed by atoms with Gasteiger partial charge in [0.05, 0.1) is 6.10 Å². The summed E-state index contributed by atoms with van der Waals surface area (Å²) in [6, 6.07) is -0.160. The zero-order chi connectivity index (χ0) is 16.0. The van der Waals surface area contributed by atoms with E-state index in [1.807, 2.05) is 13.8 Å². The van der Waals surface area contributed by atoms with Crippen molar-refractivity contribution in [3.8, 4) is 0 Å². The lowest BCUT2D eigenvalue weighted by Gasteiger charge is -2.50. The van der Waals surface area contributed by atoms with Crippen molar-refractivity contribution in [2.24, 2.45) is 11.1 Å². The first-order chi connectivity index (χ1) is 9.65. The third-order valence-electron chi connectivity index (χ3n) is 4.56. The van der Waals surface area contributed by atoms with Crippen LogP contribution in [-0.4, -0.2) is 27.7 Å². The third kappa shape index (κ3) is 2.63. The number of hydrogen-bond acceptors (Lipinski definition) is 5. The van der Waals surface area contributed by atoms with Crippen LogP contribution in [0.25, 0.3) is 0 Å². The van der Waals surface area contributed by atoms with Gasteiger partial charge in [-0.15, -0.1) is 0 Å². The predicted octanol–water partition coefficient (Wildman–Crippen LogP) is 1.45. The molecule has 6 nitrogen and oxygen atoms in total. The Kier molecular flexibility index (Phi) is 4.23. The highest BCUT2D eigenvalue weighted by Crippen LogP contribution is 2.43. The highest BCUT2D eigenvalue weighted by molar-refractivity contribution is 7.89. The van der Waals surface area contributed by atoms with Crippen molar-refractivity contribution in [1.82, 2.24) is 4.72 Å². The van der Waals surface area contributed by atoms with E-state index in [0.29, 0.717) is 23.5 Å². The van der Waals surface area contributed by atoms with Crippen molar-refractivity contribution < 1.29 is 17.6 Å². The largest absolute Gasteiger partial charge is 0.465 e. The molecule has 0 saturated heterocycles. The van der Waals surface area contributed by atoms with Crippen molar-refractivity contribution >= 4 is 10.0 Å². The number of methoxy groups -OCH3 is 1. The van der Waals surface area contributed by atoms with E-state index in [2.05, 4.69) is 4.72 Å².